The fraction of sp³-hybridized carbons (Fsp3) is 0.756. The lowest BCUT2D eigenvalue weighted by Crippen LogP contribution is -2.45. The van der Waals surface area contributed by atoms with Crippen LogP contribution in [0.5, 0.6) is 0 Å². The highest BCUT2D eigenvalue weighted by Crippen LogP contribution is 2.38. The summed E-state index contributed by atoms with van der Waals surface area (Å²) in [4.78, 5) is 25.7. The van der Waals surface area contributed by atoms with E-state index in [2.05, 4.69) is 116 Å². The molecule has 0 spiro atoms. The van der Waals surface area contributed by atoms with Gasteiger partial charge >= 0.3 is 0 Å². The number of nitrogens with one attached hydrogen (secondary N) is 1. The molecule has 504 valence electrons. The average Bonchev–Trinajstić information content (AvgIpc) is 3.70. The first-order chi connectivity index (χ1) is 42.5. The van der Waals surface area contributed by atoms with Gasteiger partial charge in [0.05, 0.1) is 39.9 Å². The molecule has 1 amide bonds. The molecule has 9 heteroatoms. The maximum atomic E-state index is 13.1. The maximum absolute atomic E-state index is 13.1. The van der Waals surface area contributed by atoms with E-state index in [9.17, 15) is 19.4 Å². The van der Waals surface area contributed by atoms with Gasteiger partial charge in [-0.15, -0.1) is 0 Å². The second kappa shape index (κ2) is 67.6. The second-order valence-corrected chi connectivity index (χ2v) is 27.3. The molecule has 8 nitrogen and oxygen atoms in total. The molecule has 0 radical (unpaired) electrons. The van der Waals surface area contributed by atoms with Crippen molar-refractivity contribution in [2.75, 3.05) is 40.9 Å². The lowest BCUT2D eigenvalue weighted by Gasteiger charge is -2.29. The zero-order valence-corrected chi connectivity index (χ0v) is 58.6. The summed E-state index contributed by atoms with van der Waals surface area (Å²) < 4.78 is 23.5. The van der Waals surface area contributed by atoms with Crippen LogP contribution in [0.1, 0.15) is 328 Å². The number of aliphatic hydroxyl groups is 1. The van der Waals surface area contributed by atoms with Gasteiger partial charge in [-0.2, -0.15) is 0 Å². The van der Waals surface area contributed by atoms with E-state index in [4.69, 9.17) is 9.05 Å². The van der Waals surface area contributed by atoms with E-state index in [0.717, 1.165) is 83.5 Å². The van der Waals surface area contributed by atoms with Gasteiger partial charge in [0.25, 0.3) is 7.82 Å². The molecule has 3 atom stereocenters. The van der Waals surface area contributed by atoms with Crippen molar-refractivity contribution in [3.63, 3.8) is 0 Å². The Balaban J connectivity index is 4.08. The van der Waals surface area contributed by atoms with Crippen molar-refractivity contribution in [1.82, 2.24) is 5.32 Å². The molecule has 3 unspecified atom stereocenters. The standard InChI is InChI=1S/C78H141N2O6P/c1-6-8-10-12-14-16-18-20-22-24-26-28-30-32-34-36-37-38-39-40-41-42-43-44-46-48-50-52-54-56-58-60-62-64-66-68-70-72-78(82)79-76(75-86-87(83,84)85-74-73-80(3,4)5)77(81)71-69-67-65-63-61-59-57-55-53-51-49-47-45-35-33-31-29-27-25-23-21-19-17-15-13-11-9-7-2/h8,10,14,16,20,22,26,28,32,34,37-38,40-41,61,63,69,71,76-77,81H,6-7,9,11-13,15,17-19,21,23-25,27,29-31,33,35-36,39,42-60,62,64-68,70,72-75H2,1-5H3,(H-,79,82,83,84)/b10-8-,16-14-,22-20-,28-26-,34-32-,38-37-,41-40-,63-61+,71-69+. The lowest BCUT2D eigenvalue weighted by atomic mass is 10.0. The number of nitrogens with zero attached hydrogens (tertiary/aromatic N) is 1. The van der Waals surface area contributed by atoms with Crippen LogP contribution < -0.4 is 10.2 Å². The molecule has 0 saturated heterocycles. The smallest absolute Gasteiger partial charge is 0.268 e. The van der Waals surface area contributed by atoms with Gasteiger partial charge in [-0.1, -0.05) is 342 Å². The van der Waals surface area contributed by atoms with Crippen LogP contribution in [-0.2, 0) is 18.4 Å². The number of allylic oxidation sites excluding steroid dienone is 17. The topological polar surface area (TPSA) is 108 Å². The number of hydrogen-bond donors (Lipinski definition) is 2. The largest absolute Gasteiger partial charge is 0.756 e. The van der Waals surface area contributed by atoms with Crippen molar-refractivity contribution in [3.05, 3.63) is 109 Å². The Morgan fingerprint density at radius 1 is 0.414 bits per heavy atom. The quantitative estimate of drug-likeness (QED) is 0.0272. The number of carbonyl (C=O) groups is 1. The van der Waals surface area contributed by atoms with Crippen molar-refractivity contribution in [3.8, 4) is 0 Å². The summed E-state index contributed by atoms with van der Waals surface area (Å²) in [6.07, 6.45) is 99.4. The summed E-state index contributed by atoms with van der Waals surface area (Å²) in [7, 11) is 1.24. The Hall–Kier alpha value is -2.84. The Morgan fingerprint density at radius 2 is 0.713 bits per heavy atom. The van der Waals surface area contributed by atoms with Crippen LogP contribution in [0.25, 0.3) is 0 Å². The number of quaternary nitrogens is 1. The maximum Gasteiger partial charge on any atom is 0.268 e. The number of amides is 1. The molecule has 0 bridgehead atoms. The van der Waals surface area contributed by atoms with E-state index in [1.54, 1.807) is 6.08 Å². The first-order valence-electron chi connectivity index (χ1n) is 36.7. The number of aliphatic hydroxyl groups excluding tert-OH is 1. The van der Waals surface area contributed by atoms with Crippen molar-refractivity contribution < 1.29 is 32.9 Å². The van der Waals surface area contributed by atoms with Gasteiger partial charge in [-0.25, -0.2) is 0 Å². The second-order valence-electron chi connectivity index (χ2n) is 25.9. The predicted octanol–water partition coefficient (Wildman–Crippen LogP) is 23.2. The molecule has 0 aromatic heterocycles. The molecular weight excluding hydrogens is 1090 g/mol. The number of rotatable bonds is 67. The predicted molar refractivity (Wildman–Crippen MR) is 380 cm³/mol. The molecule has 0 fully saturated rings. The van der Waals surface area contributed by atoms with E-state index in [-0.39, 0.29) is 12.5 Å². The molecule has 0 aliphatic heterocycles. The van der Waals surface area contributed by atoms with Gasteiger partial charge in [0.2, 0.25) is 5.91 Å². The lowest BCUT2D eigenvalue weighted by molar-refractivity contribution is -0.870. The molecule has 0 aromatic rings. The first-order valence-corrected chi connectivity index (χ1v) is 38.2. The number of unbranched alkanes of at least 4 members (excludes halogenated alkanes) is 38. The Bertz CT molecular complexity index is 1790. The molecular formula is C78H141N2O6P. The third kappa shape index (κ3) is 70.5. The summed E-state index contributed by atoms with van der Waals surface area (Å²) in [6.45, 7) is 4.55. The number of phosphoric acid groups is 1. The summed E-state index contributed by atoms with van der Waals surface area (Å²) in [5, 5.41) is 14.0. The summed E-state index contributed by atoms with van der Waals surface area (Å²) in [6, 6.07) is -0.911. The van der Waals surface area contributed by atoms with Crippen LogP contribution in [-0.4, -0.2) is 68.5 Å². The molecule has 0 saturated carbocycles. The zero-order chi connectivity index (χ0) is 63.4. The van der Waals surface area contributed by atoms with Crippen LogP contribution >= 0.6 is 7.82 Å². The highest BCUT2D eigenvalue weighted by molar-refractivity contribution is 7.45. The number of phosphoric ester groups is 1. The van der Waals surface area contributed by atoms with Crippen LogP contribution in [0.15, 0.2) is 109 Å². The normalized spacial score (nSPS) is 14.2. The Kier molecular flexibility index (Phi) is 65.3. The highest BCUT2D eigenvalue weighted by Gasteiger charge is 2.23. The van der Waals surface area contributed by atoms with Crippen LogP contribution in [0.4, 0.5) is 0 Å². The van der Waals surface area contributed by atoms with E-state index >= 15 is 0 Å². The van der Waals surface area contributed by atoms with E-state index in [0.29, 0.717) is 17.4 Å². The van der Waals surface area contributed by atoms with Crippen LogP contribution in [0.2, 0.25) is 0 Å². The molecule has 2 N–H and O–H groups in total. The highest BCUT2D eigenvalue weighted by atomic mass is 31.2. The van der Waals surface area contributed by atoms with Gasteiger partial charge in [0.1, 0.15) is 13.2 Å². The Morgan fingerprint density at radius 3 is 1.07 bits per heavy atom. The molecule has 0 aliphatic carbocycles. The van der Waals surface area contributed by atoms with E-state index < -0.39 is 26.6 Å². The van der Waals surface area contributed by atoms with Gasteiger partial charge in [-0.3, -0.25) is 9.36 Å². The van der Waals surface area contributed by atoms with Crippen LogP contribution in [0.3, 0.4) is 0 Å². The monoisotopic (exact) mass is 1230 g/mol. The van der Waals surface area contributed by atoms with Gasteiger partial charge in [0.15, 0.2) is 0 Å². The van der Waals surface area contributed by atoms with E-state index in [1.807, 2.05) is 27.2 Å². The molecule has 87 heavy (non-hydrogen) atoms. The molecule has 0 rings (SSSR count). The number of hydrogen-bond acceptors (Lipinski definition) is 6. The van der Waals surface area contributed by atoms with Gasteiger partial charge in [-0.05, 0) is 89.9 Å². The first kappa shape index (κ1) is 84.2. The van der Waals surface area contributed by atoms with Gasteiger partial charge < -0.3 is 28.8 Å². The zero-order valence-electron chi connectivity index (χ0n) is 57.7. The molecule has 0 heterocycles. The minimum atomic E-state index is -4.62. The SMILES string of the molecule is CC/C=C\C/C=C\C/C=C\C/C=C\C/C=C\C/C=C\C/C=C\CCCCCCCCCCCCCCCCCC(=O)NC(COP(=O)([O-])OCC[N+](C)(C)C)C(O)/C=C/CC/C=C/CCCCCCCCCCCCCCCCCCCCCCCC. The summed E-state index contributed by atoms with van der Waals surface area (Å²) in [5.74, 6) is -0.207. The van der Waals surface area contributed by atoms with Crippen LogP contribution in [0, 0.1) is 0 Å². The summed E-state index contributed by atoms with van der Waals surface area (Å²) in [5.41, 5.74) is 0. The van der Waals surface area contributed by atoms with Crippen molar-refractivity contribution >= 4 is 13.7 Å². The van der Waals surface area contributed by atoms with E-state index in [1.165, 1.54) is 225 Å². The number of likely N-dealkylation sites (N-methyl/N-ethyl adjacent to an activating group) is 1. The molecule has 0 aromatic carbocycles. The minimum absolute atomic E-state index is 0.00937. The Labute approximate surface area is 540 Å². The average molecular weight is 1230 g/mol. The van der Waals surface area contributed by atoms with Crippen molar-refractivity contribution in [1.29, 1.82) is 0 Å². The number of carbonyl (C=O) groups excluding carboxylic acids is 1. The van der Waals surface area contributed by atoms with Crippen molar-refractivity contribution in [2.45, 2.75) is 341 Å². The third-order valence-corrected chi connectivity index (χ3v) is 17.2. The fourth-order valence-electron chi connectivity index (χ4n) is 10.6. The fourth-order valence-corrected chi connectivity index (χ4v) is 11.3. The minimum Gasteiger partial charge on any atom is -0.756 e. The summed E-state index contributed by atoms with van der Waals surface area (Å²) >= 11 is 0. The third-order valence-electron chi connectivity index (χ3n) is 16.2. The van der Waals surface area contributed by atoms with Gasteiger partial charge in [0, 0.05) is 6.42 Å². The molecule has 0 aliphatic rings. The van der Waals surface area contributed by atoms with Crippen molar-refractivity contribution in [2.24, 2.45) is 0 Å².